The minimum atomic E-state index is -0.405. The lowest BCUT2D eigenvalue weighted by Crippen LogP contribution is -2.26. The topological polar surface area (TPSA) is 80.9 Å². The lowest BCUT2D eigenvalue weighted by Gasteiger charge is -2.18. The number of carbonyl (C=O) groups is 1. The van der Waals surface area contributed by atoms with Crippen molar-refractivity contribution in [1.82, 2.24) is 20.4 Å². The normalized spacial score (nSPS) is 12.6. The summed E-state index contributed by atoms with van der Waals surface area (Å²) >= 11 is 0. The Morgan fingerprint density at radius 1 is 1.15 bits per heavy atom. The van der Waals surface area contributed by atoms with E-state index in [2.05, 4.69) is 53.3 Å². The minimum absolute atomic E-state index is 0.0893. The number of benzene rings is 1. The standard InChI is InChI=1S/C20H22N4O2/c1-13(22-18(25)15-6-5-11-21-12-15)19-23-17(24-26-19)14-7-9-16(10-8-14)20(2,3)4/h5-13H,1-4H3,(H,22,25)/t13-/m1/s1. The molecule has 26 heavy (non-hydrogen) atoms. The van der Waals surface area contributed by atoms with Crippen molar-refractivity contribution < 1.29 is 9.32 Å². The maximum atomic E-state index is 12.2. The van der Waals surface area contributed by atoms with E-state index < -0.39 is 6.04 Å². The van der Waals surface area contributed by atoms with Crippen LogP contribution in [0.5, 0.6) is 0 Å². The van der Waals surface area contributed by atoms with Gasteiger partial charge in [0.25, 0.3) is 5.91 Å². The lowest BCUT2D eigenvalue weighted by molar-refractivity contribution is 0.0932. The van der Waals surface area contributed by atoms with Gasteiger partial charge in [0, 0.05) is 18.0 Å². The van der Waals surface area contributed by atoms with Gasteiger partial charge >= 0.3 is 0 Å². The third kappa shape index (κ3) is 3.96. The highest BCUT2D eigenvalue weighted by Crippen LogP contribution is 2.25. The summed E-state index contributed by atoms with van der Waals surface area (Å²) in [4.78, 5) is 20.5. The van der Waals surface area contributed by atoms with E-state index in [4.69, 9.17) is 4.52 Å². The Hall–Kier alpha value is -3.02. The molecule has 0 saturated heterocycles. The maximum absolute atomic E-state index is 12.2. The molecular formula is C20H22N4O2. The first-order valence-corrected chi connectivity index (χ1v) is 8.50. The Morgan fingerprint density at radius 3 is 2.50 bits per heavy atom. The van der Waals surface area contributed by atoms with Crippen LogP contribution in [0.25, 0.3) is 11.4 Å². The fourth-order valence-corrected chi connectivity index (χ4v) is 2.49. The summed E-state index contributed by atoms with van der Waals surface area (Å²) in [5.74, 6) is 0.625. The number of carbonyl (C=O) groups excluding carboxylic acids is 1. The third-order valence-electron chi connectivity index (χ3n) is 4.09. The highest BCUT2D eigenvalue weighted by atomic mass is 16.5. The smallest absolute Gasteiger partial charge is 0.253 e. The molecule has 0 unspecified atom stereocenters. The predicted octanol–water partition coefficient (Wildman–Crippen LogP) is 3.92. The Morgan fingerprint density at radius 2 is 1.88 bits per heavy atom. The molecule has 2 aromatic heterocycles. The van der Waals surface area contributed by atoms with Gasteiger partial charge < -0.3 is 9.84 Å². The summed E-state index contributed by atoms with van der Waals surface area (Å²) in [5.41, 5.74) is 2.68. The van der Waals surface area contributed by atoms with E-state index in [1.54, 1.807) is 25.3 Å². The first-order valence-electron chi connectivity index (χ1n) is 8.50. The molecule has 3 aromatic rings. The number of hydrogen-bond donors (Lipinski definition) is 1. The average Bonchev–Trinajstić information content (AvgIpc) is 3.12. The van der Waals surface area contributed by atoms with Gasteiger partial charge in [0.15, 0.2) is 0 Å². The van der Waals surface area contributed by atoms with Crippen LogP contribution in [-0.4, -0.2) is 21.0 Å². The van der Waals surface area contributed by atoms with Gasteiger partial charge in [-0.1, -0.05) is 50.2 Å². The summed E-state index contributed by atoms with van der Waals surface area (Å²) in [5, 5.41) is 6.86. The molecule has 6 heteroatoms. The van der Waals surface area contributed by atoms with E-state index in [1.807, 2.05) is 12.1 Å². The second-order valence-corrected chi connectivity index (χ2v) is 7.22. The molecule has 3 rings (SSSR count). The predicted molar refractivity (Wildman–Crippen MR) is 98.6 cm³/mol. The van der Waals surface area contributed by atoms with Crippen LogP contribution in [0.4, 0.5) is 0 Å². The van der Waals surface area contributed by atoms with Gasteiger partial charge in [-0.15, -0.1) is 0 Å². The summed E-state index contributed by atoms with van der Waals surface area (Å²) in [6.45, 7) is 8.30. The van der Waals surface area contributed by atoms with Gasteiger partial charge in [0.1, 0.15) is 6.04 Å². The number of pyridine rings is 1. The molecule has 1 amide bonds. The van der Waals surface area contributed by atoms with Crippen molar-refractivity contribution in [2.45, 2.75) is 39.2 Å². The van der Waals surface area contributed by atoms with Crippen molar-refractivity contribution in [2.24, 2.45) is 0 Å². The van der Waals surface area contributed by atoms with Crippen molar-refractivity contribution in [2.75, 3.05) is 0 Å². The van der Waals surface area contributed by atoms with Crippen LogP contribution in [0, 0.1) is 0 Å². The molecule has 0 aliphatic carbocycles. The van der Waals surface area contributed by atoms with Crippen LogP contribution < -0.4 is 5.32 Å². The quantitative estimate of drug-likeness (QED) is 0.771. The molecule has 0 spiro atoms. The fraction of sp³-hybridized carbons (Fsp3) is 0.300. The lowest BCUT2D eigenvalue weighted by atomic mass is 9.87. The second kappa shape index (κ2) is 7.07. The number of aromatic nitrogens is 3. The van der Waals surface area contributed by atoms with Crippen molar-refractivity contribution in [1.29, 1.82) is 0 Å². The fourth-order valence-electron chi connectivity index (χ4n) is 2.49. The highest BCUT2D eigenvalue weighted by Gasteiger charge is 2.19. The number of hydrogen-bond acceptors (Lipinski definition) is 5. The molecule has 0 aliphatic heterocycles. The van der Waals surface area contributed by atoms with E-state index in [0.717, 1.165) is 5.56 Å². The highest BCUT2D eigenvalue weighted by molar-refractivity contribution is 5.93. The van der Waals surface area contributed by atoms with E-state index in [1.165, 1.54) is 11.8 Å². The van der Waals surface area contributed by atoms with Crippen LogP contribution in [0.1, 0.15) is 55.5 Å². The Kier molecular flexibility index (Phi) is 4.84. The summed E-state index contributed by atoms with van der Waals surface area (Å²) in [7, 11) is 0. The molecule has 0 fully saturated rings. The van der Waals surface area contributed by atoms with Crippen molar-refractivity contribution in [3.8, 4) is 11.4 Å². The number of nitrogens with one attached hydrogen (secondary N) is 1. The molecule has 1 atom stereocenters. The molecule has 1 aromatic carbocycles. The first-order chi connectivity index (χ1) is 12.3. The Bertz CT molecular complexity index is 880. The molecule has 0 radical (unpaired) electrons. The molecule has 134 valence electrons. The maximum Gasteiger partial charge on any atom is 0.253 e. The summed E-state index contributed by atoms with van der Waals surface area (Å²) in [6.07, 6.45) is 3.13. The first kappa shape index (κ1) is 17.8. The van der Waals surface area contributed by atoms with Gasteiger partial charge in [0.05, 0.1) is 5.56 Å². The van der Waals surface area contributed by atoms with Crippen molar-refractivity contribution in [3.05, 3.63) is 65.8 Å². The van der Waals surface area contributed by atoms with Crippen molar-refractivity contribution in [3.63, 3.8) is 0 Å². The average molecular weight is 350 g/mol. The largest absolute Gasteiger partial charge is 0.340 e. The Balaban J connectivity index is 1.72. The van der Waals surface area contributed by atoms with E-state index in [-0.39, 0.29) is 11.3 Å². The van der Waals surface area contributed by atoms with Gasteiger partial charge in [-0.3, -0.25) is 9.78 Å². The molecule has 0 aliphatic rings. The Labute approximate surface area is 152 Å². The molecule has 6 nitrogen and oxygen atoms in total. The molecule has 1 N–H and O–H groups in total. The minimum Gasteiger partial charge on any atom is -0.340 e. The number of rotatable bonds is 4. The molecule has 0 bridgehead atoms. The third-order valence-corrected chi connectivity index (χ3v) is 4.09. The molecule has 0 saturated carbocycles. The van der Waals surface area contributed by atoms with Crippen LogP contribution in [-0.2, 0) is 5.41 Å². The second-order valence-electron chi connectivity index (χ2n) is 7.22. The monoisotopic (exact) mass is 350 g/mol. The van der Waals surface area contributed by atoms with E-state index in [9.17, 15) is 4.79 Å². The molecule has 2 heterocycles. The number of amides is 1. The number of nitrogens with zero attached hydrogens (tertiary/aromatic N) is 3. The van der Waals surface area contributed by atoms with Crippen LogP contribution in [0.15, 0.2) is 53.3 Å². The van der Waals surface area contributed by atoms with Crippen LogP contribution >= 0.6 is 0 Å². The van der Waals surface area contributed by atoms with Gasteiger partial charge in [0.2, 0.25) is 11.7 Å². The summed E-state index contributed by atoms with van der Waals surface area (Å²) in [6, 6.07) is 11.1. The van der Waals surface area contributed by atoms with Gasteiger partial charge in [-0.2, -0.15) is 4.98 Å². The zero-order chi connectivity index (χ0) is 18.7. The SMILES string of the molecule is C[C@@H](NC(=O)c1cccnc1)c1nc(-c2ccc(C(C)(C)C)cc2)no1. The zero-order valence-corrected chi connectivity index (χ0v) is 15.4. The zero-order valence-electron chi connectivity index (χ0n) is 15.4. The molecular weight excluding hydrogens is 328 g/mol. The van der Waals surface area contributed by atoms with Crippen LogP contribution in [0.3, 0.4) is 0 Å². The van der Waals surface area contributed by atoms with Crippen molar-refractivity contribution >= 4 is 5.91 Å². The summed E-state index contributed by atoms with van der Waals surface area (Å²) < 4.78 is 5.32. The van der Waals surface area contributed by atoms with Gasteiger partial charge in [-0.25, -0.2) is 0 Å². The van der Waals surface area contributed by atoms with E-state index >= 15 is 0 Å². The van der Waals surface area contributed by atoms with Gasteiger partial charge in [-0.05, 0) is 30.0 Å². The van der Waals surface area contributed by atoms with Crippen LogP contribution in [0.2, 0.25) is 0 Å². The van der Waals surface area contributed by atoms with E-state index in [0.29, 0.717) is 17.3 Å².